The minimum Gasteiger partial charge on any atom is -0.352 e. The SMILES string of the molecule is CCCC(N)C(=O)c1cc2ccccc2[nH]1. The molecule has 0 saturated heterocycles. The molecular formula is C13H16N2O. The summed E-state index contributed by atoms with van der Waals surface area (Å²) < 4.78 is 0. The molecule has 3 heteroatoms. The predicted octanol–water partition coefficient (Wildman–Crippen LogP) is 2.48. The van der Waals surface area contributed by atoms with Crippen molar-refractivity contribution in [1.82, 2.24) is 4.98 Å². The summed E-state index contributed by atoms with van der Waals surface area (Å²) in [7, 11) is 0. The lowest BCUT2D eigenvalue weighted by Gasteiger charge is -2.06. The van der Waals surface area contributed by atoms with Crippen molar-refractivity contribution >= 4 is 16.7 Å². The Kier molecular flexibility index (Phi) is 3.06. The van der Waals surface area contributed by atoms with E-state index in [0.29, 0.717) is 5.69 Å². The highest BCUT2D eigenvalue weighted by Gasteiger charge is 2.16. The Morgan fingerprint density at radius 2 is 2.19 bits per heavy atom. The van der Waals surface area contributed by atoms with Gasteiger partial charge in [-0.25, -0.2) is 0 Å². The van der Waals surface area contributed by atoms with Crippen LogP contribution in [0.2, 0.25) is 0 Å². The van der Waals surface area contributed by atoms with Crippen LogP contribution in [0.3, 0.4) is 0 Å². The lowest BCUT2D eigenvalue weighted by atomic mass is 10.1. The van der Waals surface area contributed by atoms with Gasteiger partial charge in [-0.3, -0.25) is 4.79 Å². The molecular weight excluding hydrogens is 200 g/mol. The van der Waals surface area contributed by atoms with Crippen molar-refractivity contribution < 1.29 is 4.79 Å². The number of nitrogens with one attached hydrogen (secondary N) is 1. The minimum atomic E-state index is -0.391. The van der Waals surface area contributed by atoms with E-state index >= 15 is 0 Å². The normalized spacial score (nSPS) is 12.9. The summed E-state index contributed by atoms with van der Waals surface area (Å²) in [6.07, 6.45) is 1.65. The number of para-hydroxylation sites is 1. The van der Waals surface area contributed by atoms with E-state index < -0.39 is 6.04 Å². The van der Waals surface area contributed by atoms with Crippen molar-refractivity contribution in [2.45, 2.75) is 25.8 Å². The zero-order chi connectivity index (χ0) is 11.5. The fraction of sp³-hybridized carbons (Fsp3) is 0.308. The fourth-order valence-electron chi connectivity index (χ4n) is 1.85. The highest BCUT2D eigenvalue weighted by atomic mass is 16.1. The van der Waals surface area contributed by atoms with Crippen molar-refractivity contribution in [3.8, 4) is 0 Å². The Bertz CT molecular complexity index is 468. The van der Waals surface area contributed by atoms with Crippen molar-refractivity contribution in [2.24, 2.45) is 5.73 Å². The molecule has 0 bridgehead atoms. The number of H-pyrrole nitrogens is 1. The maximum absolute atomic E-state index is 11.9. The topological polar surface area (TPSA) is 58.9 Å². The third-order valence-corrected chi connectivity index (χ3v) is 2.73. The molecule has 3 nitrogen and oxygen atoms in total. The number of ketones is 1. The van der Waals surface area contributed by atoms with Crippen molar-refractivity contribution in [3.05, 3.63) is 36.0 Å². The van der Waals surface area contributed by atoms with E-state index in [-0.39, 0.29) is 5.78 Å². The third-order valence-electron chi connectivity index (χ3n) is 2.73. The summed E-state index contributed by atoms with van der Waals surface area (Å²) in [6.45, 7) is 2.03. The summed E-state index contributed by atoms with van der Waals surface area (Å²) in [5.74, 6) is -0.00181. The molecule has 1 heterocycles. The average Bonchev–Trinajstić information content (AvgIpc) is 2.71. The van der Waals surface area contributed by atoms with E-state index in [1.807, 2.05) is 37.3 Å². The van der Waals surface area contributed by atoms with Crippen LogP contribution in [-0.4, -0.2) is 16.8 Å². The summed E-state index contributed by atoms with van der Waals surface area (Å²) in [5.41, 5.74) is 7.41. The molecule has 1 atom stereocenters. The van der Waals surface area contributed by atoms with Crippen LogP contribution < -0.4 is 5.73 Å². The number of nitrogens with two attached hydrogens (primary N) is 1. The van der Waals surface area contributed by atoms with Crippen LogP contribution in [0.5, 0.6) is 0 Å². The van der Waals surface area contributed by atoms with Crippen LogP contribution in [0.15, 0.2) is 30.3 Å². The minimum absolute atomic E-state index is 0.00181. The molecule has 1 unspecified atom stereocenters. The maximum atomic E-state index is 11.9. The van der Waals surface area contributed by atoms with Gasteiger partial charge < -0.3 is 10.7 Å². The fourth-order valence-corrected chi connectivity index (χ4v) is 1.85. The van der Waals surface area contributed by atoms with E-state index in [1.165, 1.54) is 0 Å². The first kappa shape index (κ1) is 10.9. The van der Waals surface area contributed by atoms with Gasteiger partial charge in [-0.2, -0.15) is 0 Å². The molecule has 16 heavy (non-hydrogen) atoms. The van der Waals surface area contributed by atoms with Gasteiger partial charge in [-0.05, 0) is 18.6 Å². The molecule has 0 amide bonds. The summed E-state index contributed by atoms with van der Waals surface area (Å²) >= 11 is 0. The first-order chi connectivity index (χ1) is 7.72. The molecule has 1 aromatic carbocycles. The number of carbonyl (C=O) groups excluding carboxylic acids is 1. The van der Waals surface area contributed by atoms with E-state index in [2.05, 4.69) is 4.98 Å². The van der Waals surface area contributed by atoms with E-state index in [0.717, 1.165) is 23.7 Å². The highest BCUT2D eigenvalue weighted by Crippen LogP contribution is 2.16. The number of benzene rings is 1. The quantitative estimate of drug-likeness (QED) is 0.771. The third kappa shape index (κ3) is 1.99. The maximum Gasteiger partial charge on any atom is 0.195 e. The van der Waals surface area contributed by atoms with E-state index in [9.17, 15) is 4.79 Å². The molecule has 0 radical (unpaired) electrons. The lowest BCUT2D eigenvalue weighted by Crippen LogP contribution is -2.30. The van der Waals surface area contributed by atoms with Crippen LogP contribution in [0.1, 0.15) is 30.3 Å². The Morgan fingerprint density at radius 3 is 2.88 bits per heavy atom. The van der Waals surface area contributed by atoms with Crippen LogP contribution in [0.25, 0.3) is 10.9 Å². The number of hydrogen-bond donors (Lipinski definition) is 2. The van der Waals surface area contributed by atoms with Gasteiger partial charge >= 0.3 is 0 Å². The molecule has 0 aliphatic rings. The van der Waals surface area contributed by atoms with Gasteiger partial charge in [0.2, 0.25) is 0 Å². The number of rotatable bonds is 4. The van der Waals surface area contributed by atoms with Gasteiger partial charge in [0.15, 0.2) is 5.78 Å². The van der Waals surface area contributed by atoms with E-state index in [1.54, 1.807) is 0 Å². The highest BCUT2D eigenvalue weighted by molar-refractivity contribution is 6.02. The van der Waals surface area contributed by atoms with Crippen molar-refractivity contribution in [2.75, 3.05) is 0 Å². The van der Waals surface area contributed by atoms with Crippen LogP contribution in [0.4, 0.5) is 0 Å². The zero-order valence-corrected chi connectivity index (χ0v) is 9.36. The van der Waals surface area contributed by atoms with E-state index in [4.69, 9.17) is 5.73 Å². The Balaban J connectivity index is 2.29. The van der Waals surface area contributed by atoms with Gasteiger partial charge in [-0.1, -0.05) is 31.5 Å². The van der Waals surface area contributed by atoms with Gasteiger partial charge in [0.05, 0.1) is 11.7 Å². The molecule has 3 N–H and O–H groups in total. The number of fused-ring (bicyclic) bond motifs is 1. The molecule has 0 aliphatic carbocycles. The van der Waals surface area contributed by atoms with Crippen molar-refractivity contribution in [3.63, 3.8) is 0 Å². The van der Waals surface area contributed by atoms with Crippen LogP contribution >= 0.6 is 0 Å². The van der Waals surface area contributed by atoms with Crippen LogP contribution in [0, 0.1) is 0 Å². The molecule has 1 aromatic heterocycles. The largest absolute Gasteiger partial charge is 0.352 e. The molecule has 0 saturated carbocycles. The second-order valence-corrected chi connectivity index (χ2v) is 4.03. The molecule has 0 aliphatic heterocycles. The molecule has 0 fully saturated rings. The Morgan fingerprint density at radius 1 is 1.44 bits per heavy atom. The summed E-state index contributed by atoms with van der Waals surface area (Å²) in [5, 5.41) is 1.05. The number of aromatic amines is 1. The lowest BCUT2D eigenvalue weighted by molar-refractivity contribution is 0.0952. The number of carbonyl (C=O) groups is 1. The molecule has 0 spiro atoms. The molecule has 2 aromatic rings. The Hall–Kier alpha value is -1.61. The monoisotopic (exact) mass is 216 g/mol. The second kappa shape index (κ2) is 4.49. The zero-order valence-electron chi connectivity index (χ0n) is 9.36. The van der Waals surface area contributed by atoms with Crippen molar-refractivity contribution in [1.29, 1.82) is 0 Å². The Labute approximate surface area is 94.6 Å². The molecule has 84 valence electrons. The smallest absolute Gasteiger partial charge is 0.195 e. The number of aromatic nitrogens is 1. The van der Waals surface area contributed by atoms with Gasteiger partial charge in [-0.15, -0.1) is 0 Å². The van der Waals surface area contributed by atoms with Gasteiger partial charge in [0.25, 0.3) is 0 Å². The van der Waals surface area contributed by atoms with Gasteiger partial charge in [0.1, 0.15) is 0 Å². The summed E-state index contributed by atoms with van der Waals surface area (Å²) in [6, 6.07) is 9.31. The average molecular weight is 216 g/mol. The predicted molar refractivity (Wildman–Crippen MR) is 65.5 cm³/mol. The second-order valence-electron chi connectivity index (χ2n) is 4.03. The number of hydrogen-bond acceptors (Lipinski definition) is 2. The van der Waals surface area contributed by atoms with Gasteiger partial charge in [0, 0.05) is 10.9 Å². The molecule has 2 rings (SSSR count). The first-order valence-electron chi connectivity index (χ1n) is 5.60. The van der Waals surface area contributed by atoms with Crippen LogP contribution in [-0.2, 0) is 0 Å². The summed E-state index contributed by atoms with van der Waals surface area (Å²) in [4.78, 5) is 15.1. The number of Topliss-reactive ketones (excluding diaryl/α,β-unsaturated/α-hetero) is 1. The first-order valence-corrected chi connectivity index (χ1v) is 5.60. The standard InChI is InChI=1S/C13H16N2O/c1-2-5-10(14)13(16)12-8-9-6-3-4-7-11(9)15-12/h3-4,6-8,10,15H,2,5,14H2,1H3.